The van der Waals surface area contributed by atoms with Crippen molar-refractivity contribution in [1.29, 1.82) is 0 Å². The Morgan fingerprint density at radius 2 is 2.29 bits per heavy atom. The van der Waals surface area contributed by atoms with Gasteiger partial charge in [-0.15, -0.1) is 0 Å². The lowest BCUT2D eigenvalue weighted by Gasteiger charge is -1.93. The van der Waals surface area contributed by atoms with Gasteiger partial charge in [0.25, 0.3) is 0 Å². The summed E-state index contributed by atoms with van der Waals surface area (Å²) in [5, 5.41) is 3.78. The van der Waals surface area contributed by atoms with Crippen molar-refractivity contribution in [1.82, 2.24) is 15.1 Å². The Kier molecular flexibility index (Phi) is 2.24. The predicted molar refractivity (Wildman–Crippen MR) is 50.1 cm³/mol. The minimum absolute atomic E-state index is 0.250. The van der Waals surface area contributed by atoms with Crippen LogP contribution in [0, 0.1) is 0 Å². The molecule has 0 saturated carbocycles. The van der Waals surface area contributed by atoms with E-state index in [4.69, 9.17) is 10.3 Å². The average Bonchev–Trinajstić information content (AvgIpc) is 2.68. The van der Waals surface area contributed by atoms with Crippen LogP contribution in [0.2, 0.25) is 0 Å². The molecule has 5 nitrogen and oxygen atoms in total. The van der Waals surface area contributed by atoms with Crippen LogP contribution in [0.5, 0.6) is 0 Å². The summed E-state index contributed by atoms with van der Waals surface area (Å²) >= 11 is 0. The molecule has 0 spiro atoms. The van der Waals surface area contributed by atoms with Crippen LogP contribution >= 0.6 is 0 Å². The largest absolute Gasteiger partial charge is 0.337 e. The van der Waals surface area contributed by atoms with E-state index >= 15 is 0 Å². The lowest BCUT2D eigenvalue weighted by Crippen LogP contribution is -2.04. The molecular formula is C9H10N4O. The number of pyridine rings is 1. The average molecular weight is 190 g/mol. The highest BCUT2D eigenvalue weighted by atomic mass is 16.5. The van der Waals surface area contributed by atoms with Gasteiger partial charge in [-0.2, -0.15) is 4.98 Å². The molecule has 0 saturated heterocycles. The molecule has 2 rings (SSSR count). The Labute approximate surface area is 81.0 Å². The molecule has 5 heteroatoms. The number of aromatic nitrogens is 3. The number of rotatable bonds is 2. The van der Waals surface area contributed by atoms with Gasteiger partial charge in [0.1, 0.15) is 5.69 Å². The van der Waals surface area contributed by atoms with E-state index < -0.39 is 0 Å². The topological polar surface area (TPSA) is 77.8 Å². The molecule has 2 N–H and O–H groups in total. The van der Waals surface area contributed by atoms with Gasteiger partial charge in [0, 0.05) is 6.20 Å². The third-order valence-corrected chi connectivity index (χ3v) is 1.73. The molecule has 72 valence electrons. The smallest absolute Gasteiger partial charge is 0.243 e. The fourth-order valence-corrected chi connectivity index (χ4v) is 1.02. The molecule has 2 aromatic rings. The normalized spacial score (nSPS) is 12.7. The van der Waals surface area contributed by atoms with E-state index in [1.165, 1.54) is 0 Å². The Morgan fingerprint density at radius 3 is 2.86 bits per heavy atom. The third kappa shape index (κ3) is 1.62. The van der Waals surface area contributed by atoms with Crippen molar-refractivity contribution >= 4 is 0 Å². The third-order valence-electron chi connectivity index (χ3n) is 1.73. The van der Waals surface area contributed by atoms with Crippen LogP contribution in [0.1, 0.15) is 18.9 Å². The molecular weight excluding hydrogens is 180 g/mol. The van der Waals surface area contributed by atoms with Crippen LogP contribution in [0.25, 0.3) is 11.5 Å². The summed E-state index contributed by atoms with van der Waals surface area (Å²) in [5.74, 6) is 0.892. The Hall–Kier alpha value is -1.75. The van der Waals surface area contributed by atoms with Crippen LogP contribution in [0.3, 0.4) is 0 Å². The lowest BCUT2D eigenvalue weighted by molar-refractivity contribution is 0.362. The fourth-order valence-electron chi connectivity index (χ4n) is 1.02. The van der Waals surface area contributed by atoms with E-state index in [0.717, 1.165) is 0 Å². The van der Waals surface area contributed by atoms with E-state index in [0.29, 0.717) is 17.4 Å². The minimum atomic E-state index is -0.250. The highest BCUT2D eigenvalue weighted by Crippen LogP contribution is 2.14. The molecule has 0 aliphatic heterocycles. The van der Waals surface area contributed by atoms with Gasteiger partial charge in [0.15, 0.2) is 0 Å². The lowest BCUT2D eigenvalue weighted by atomic mass is 10.3. The van der Waals surface area contributed by atoms with Gasteiger partial charge in [-0.05, 0) is 19.1 Å². The summed E-state index contributed by atoms with van der Waals surface area (Å²) in [5.41, 5.74) is 6.27. The van der Waals surface area contributed by atoms with Crippen molar-refractivity contribution in [3.8, 4) is 11.5 Å². The quantitative estimate of drug-likeness (QED) is 0.768. The number of nitrogens with zero attached hydrogens (tertiary/aromatic N) is 3. The molecule has 0 aromatic carbocycles. The zero-order chi connectivity index (χ0) is 9.97. The zero-order valence-electron chi connectivity index (χ0n) is 7.71. The van der Waals surface area contributed by atoms with Gasteiger partial charge >= 0.3 is 0 Å². The van der Waals surface area contributed by atoms with E-state index in [1.54, 1.807) is 13.1 Å². The summed E-state index contributed by atoms with van der Waals surface area (Å²) in [6.07, 6.45) is 1.68. The van der Waals surface area contributed by atoms with Crippen molar-refractivity contribution in [2.24, 2.45) is 5.73 Å². The van der Waals surface area contributed by atoms with Gasteiger partial charge in [0.05, 0.1) is 6.04 Å². The molecule has 14 heavy (non-hydrogen) atoms. The minimum Gasteiger partial charge on any atom is -0.337 e. The van der Waals surface area contributed by atoms with Crippen molar-refractivity contribution in [3.05, 3.63) is 30.3 Å². The van der Waals surface area contributed by atoms with Crippen molar-refractivity contribution in [3.63, 3.8) is 0 Å². The molecule has 0 aliphatic rings. The summed E-state index contributed by atoms with van der Waals surface area (Å²) < 4.78 is 4.95. The Balaban J connectivity index is 2.34. The van der Waals surface area contributed by atoms with Crippen molar-refractivity contribution in [2.45, 2.75) is 13.0 Å². The molecule has 0 aliphatic carbocycles. The molecule has 0 bridgehead atoms. The Morgan fingerprint density at radius 1 is 1.43 bits per heavy atom. The molecule has 1 atom stereocenters. The molecule has 0 fully saturated rings. The van der Waals surface area contributed by atoms with Crippen LogP contribution in [-0.2, 0) is 0 Å². The van der Waals surface area contributed by atoms with Crippen molar-refractivity contribution < 1.29 is 4.52 Å². The monoisotopic (exact) mass is 190 g/mol. The first-order valence-corrected chi connectivity index (χ1v) is 4.28. The molecule has 0 unspecified atom stereocenters. The second-order valence-corrected chi connectivity index (χ2v) is 2.96. The summed E-state index contributed by atoms with van der Waals surface area (Å²) in [6, 6.07) is 5.26. The highest BCUT2D eigenvalue weighted by Gasteiger charge is 2.11. The first kappa shape index (κ1) is 8.83. The van der Waals surface area contributed by atoms with Crippen LogP contribution < -0.4 is 5.73 Å². The number of hydrogen-bond donors (Lipinski definition) is 1. The second kappa shape index (κ2) is 3.55. The van der Waals surface area contributed by atoms with E-state index in [-0.39, 0.29) is 6.04 Å². The SMILES string of the molecule is C[C@@H](N)c1nc(-c2ccccn2)no1. The molecule has 0 radical (unpaired) electrons. The van der Waals surface area contributed by atoms with Gasteiger partial charge in [-0.3, -0.25) is 4.98 Å². The fraction of sp³-hybridized carbons (Fsp3) is 0.222. The maximum Gasteiger partial charge on any atom is 0.243 e. The standard InChI is InChI=1S/C9H10N4O/c1-6(10)9-12-8(13-14-9)7-4-2-3-5-11-7/h2-6H,10H2,1H3/t6-/m1/s1. The van der Waals surface area contributed by atoms with Gasteiger partial charge in [-0.25, -0.2) is 0 Å². The van der Waals surface area contributed by atoms with E-state index in [2.05, 4.69) is 15.1 Å². The van der Waals surface area contributed by atoms with Crippen molar-refractivity contribution in [2.75, 3.05) is 0 Å². The maximum absolute atomic E-state index is 5.59. The Bertz CT molecular complexity index is 410. The number of hydrogen-bond acceptors (Lipinski definition) is 5. The molecule has 2 aromatic heterocycles. The van der Waals surface area contributed by atoms with Crippen LogP contribution in [-0.4, -0.2) is 15.1 Å². The number of nitrogens with two attached hydrogens (primary N) is 1. The van der Waals surface area contributed by atoms with E-state index in [1.807, 2.05) is 18.2 Å². The summed E-state index contributed by atoms with van der Waals surface area (Å²) in [4.78, 5) is 8.21. The van der Waals surface area contributed by atoms with E-state index in [9.17, 15) is 0 Å². The maximum atomic E-state index is 5.59. The zero-order valence-corrected chi connectivity index (χ0v) is 7.71. The molecule has 0 amide bonds. The van der Waals surface area contributed by atoms with Crippen LogP contribution in [0.15, 0.2) is 28.9 Å². The first-order valence-electron chi connectivity index (χ1n) is 4.28. The highest BCUT2D eigenvalue weighted by molar-refractivity contribution is 5.47. The van der Waals surface area contributed by atoms with Gasteiger partial charge < -0.3 is 10.3 Å². The second-order valence-electron chi connectivity index (χ2n) is 2.96. The van der Waals surface area contributed by atoms with Crippen LogP contribution in [0.4, 0.5) is 0 Å². The van der Waals surface area contributed by atoms with Gasteiger partial charge in [-0.1, -0.05) is 11.2 Å². The predicted octanol–water partition coefficient (Wildman–Crippen LogP) is 1.15. The first-order chi connectivity index (χ1) is 6.77. The summed E-state index contributed by atoms with van der Waals surface area (Å²) in [7, 11) is 0. The molecule has 2 heterocycles. The van der Waals surface area contributed by atoms with Gasteiger partial charge in [0.2, 0.25) is 11.7 Å². The summed E-state index contributed by atoms with van der Waals surface area (Å²) in [6.45, 7) is 1.79.